The number of carbonyl (C=O) groups excluding carboxylic acids is 1. The molecule has 0 fully saturated rings. The molecule has 0 saturated heterocycles. The van der Waals surface area contributed by atoms with Gasteiger partial charge in [-0.3, -0.25) is 4.79 Å². The molecule has 1 amide bonds. The maximum absolute atomic E-state index is 11.5. The molecular weight excluding hydrogens is 282 g/mol. The summed E-state index contributed by atoms with van der Waals surface area (Å²) < 4.78 is 5.50. The molecule has 0 aliphatic rings. The van der Waals surface area contributed by atoms with E-state index in [0.717, 1.165) is 16.6 Å². The van der Waals surface area contributed by atoms with Gasteiger partial charge in [-0.05, 0) is 31.5 Å². The van der Waals surface area contributed by atoms with Gasteiger partial charge in [-0.15, -0.1) is 0 Å². The fraction of sp³-hybridized carbons (Fsp3) is 0.462. The van der Waals surface area contributed by atoms with Crippen molar-refractivity contribution >= 4 is 21.8 Å². The Morgan fingerprint density at radius 2 is 2.29 bits per heavy atom. The molecule has 0 saturated carbocycles. The van der Waals surface area contributed by atoms with Crippen LogP contribution in [0, 0.1) is 6.92 Å². The molecule has 0 bridgehead atoms. The molecule has 0 aliphatic carbocycles. The number of hydrogen-bond acceptors (Lipinski definition) is 2. The van der Waals surface area contributed by atoms with Gasteiger partial charge in [-0.2, -0.15) is 0 Å². The first kappa shape index (κ1) is 14.0. The van der Waals surface area contributed by atoms with Crippen LogP contribution in [-0.4, -0.2) is 23.9 Å². The van der Waals surface area contributed by atoms with Crippen LogP contribution in [0.25, 0.3) is 0 Å². The average Bonchev–Trinajstić information content (AvgIpc) is 2.29. The fourth-order valence-corrected chi connectivity index (χ4v) is 1.51. The largest absolute Gasteiger partial charge is 0.493 e. The third kappa shape index (κ3) is 5.73. The topological polar surface area (TPSA) is 38.3 Å². The molecule has 0 spiro atoms. The molecular formula is C13H18BrNO2. The van der Waals surface area contributed by atoms with Crippen LogP contribution < -0.4 is 10.1 Å². The first-order chi connectivity index (χ1) is 8.11. The van der Waals surface area contributed by atoms with Crippen molar-refractivity contribution in [2.45, 2.75) is 26.3 Å². The van der Waals surface area contributed by atoms with Gasteiger partial charge in [0, 0.05) is 11.4 Å². The minimum atomic E-state index is 0.0182. The first-order valence-corrected chi connectivity index (χ1v) is 6.78. The molecule has 1 aromatic carbocycles. The zero-order valence-corrected chi connectivity index (χ0v) is 11.8. The lowest BCUT2D eigenvalue weighted by Gasteiger charge is -2.11. The summed E-state index contributed by atoms with van der Waals surface area (Å²) in [5, 5.41) is 3.62. The second-order valence-corrected chi connectivity index (χ2v) is 4.69. The second kappa shape index (κ2) is 7.33. The Kier molecular flexibility index (Phi) is 6.05. The minimum Gasteiger partial charge on any atom is -0.493 e. The van der Waals surface area contributed by atoms with Crippen molar-refractivity contribution in [2.24, 2.45) is 0 Å². The number of carbonyl (C=O) groups is 1. The van der Waals surface area contributed by atoms with Gasteiger partial charge in [0.05, 0.1) is 13.0 Å². The van der Waals surface area contributed by atoms with E-state index in [2.05, 4.69) is 21.2 Å². The summed E-state index contributed by atoms with van der Waals surface area (Å²) in [7, 11) is 0. The Hall–Kier alpha value is -1.03. The van der Waals surface area contributed by atoms with Gasteiger partial charge in [-0.25, -0.2) is 0 Å². The Morgan fingerprint density at radius 1 is 1.53 bits per heavy atom. The summed E-state index contributed by atoms with van der Waals surface area (Å²) in [6.07, 6.45) is 0.380. The van der Waals surface area contributed by atoms with E-state index in [4.69, 9.17) is 4.74 Å². The van der Waals surface area contributed by atoms with Gasteiger partial charge in [0.1, 0.15) is 5.75 Å². The van der Waals surface area contributed by atoms with Crippen LogP contribution in [0.4, 0.5) is 0 Å². The predicted molar refractivity (Wildman–Crippen MR) is 72.7 cm³/mol. The lowest BCUT2D eigenvalue weighted by molar-refractivity contribution is -0.122. The number of alkyl halides is 1. The van der Waals surface area contributed by atoms with E-state index in [1.54, 1.807) is 0 Å². The lowest BCUT2D eigenvalue weighted by Crippen LogP contribution is -2.34. The quantitative estimate of drug-likeness (QED) is 0.820. The number of benzene rings is 1. The van der Waals surface area contributed by atoms with Crippen LogP contribution >= 0.6 is 15.9 Å². The first-order valence-electron chi connectivity index (χ1n) is 5.66. The summed E-state index contributed by atoms with van der Waals surface area (Å²) in [4.78, 5) is 11.5. The van der Waals surface area contributed by atoms with Gasteiger partial charge in [0.15, 0.2) is 0 Å². The van der Waals surface area contributed by atoms with Crippen molar-refractivity contribution in [1.29, 1.82) is 0 Å². The van der Waals surface area contributed by atoms with Crippen molar-refractivity contribution in [3.8, 4) is 5.75 Å². The van der Waals surface area contributed by atoms with E-state index in [-0.39, 0.29) is 11.9 Å². The van der Waals surface area contributed by atoms with E-state index in [9.17, 15) is 4.79 Å². The highest BCUT2D eigenvalue weighted by Gasteiger charge is 2.05. The van der Waals surface area contributed by atoms with Crippen LogP contribution in [0.3, 0.4) is 0 Å². The number of aryl methyl sites for hydroxylation is 1. The maximum atomic E-state index is 11.5. The van der Waals surface area contributed by atoms with Crippen LogP contribution in [-0.2, 0) is 4.79 Å². The highest BCUT2D eigenvalue weighted by Crippen LogP contribution is 2.12. The van der Waals surface area contributed by atoms with Gasteiger partial charge in [0.25, 0.3) is 0 Å². The van der Waals surface area contributed by atoms with Crippen LogP contribution in [0.2, 0.25) is 0 Å². The van der Waals surface area contributed by atoms with Gasteiger partial charge in [0.2, 0.25) is 5.91 Å². The Balaban J connectivity index is 2.26. The van der Waals surface area contributed by atoms with Crippen molar-refractivity contribution < 1.29 is 9.53 Å². The third-order valence-electron chi connectivity index (χ3n) is 2.23. The number of halogens is 1. The van der Waals surface area contributed by atoms with Gasteiger partial charge < -0.3 is 10.1 Å². The SMILES string of the molecule is Cc1cccc(OCCC(=O)NC(C)CBr)c1. The molecule has 0 radical (unpaired) electrons. The van der Waals surface area contributed by atoms with Crippen molar-refractivity contribution in [1.82, 2.24) is 5.32 Å². The summed E-state index contributed by atoms with van der Waals surface area (Å²) in [5.74, 6) is 0.830. The van der Waals surface area contributed by atoms with Crippen molar-refractivity contribution in [2.75, 3.05) is 11.9 Å². The molecule has 1 rings (SSSR count). The van der Waals surface area contributed by atoms with Gasteiger partial charge in [-0.1, -0.05) is 28.1 Å². The van der Waals surface area contributed by atoms with Crippen LogP contribution in [0.1, 0.15) is 18.9 Å². The zero-order valence-electron chi connectivity index (χ0n) is 10.2. The molecule has 17 heavy (non-hydrogen) atoms. The molecule has 0 aromatic heterocycles. The maximum Gasteiger partial charge on any atom is 0.223 e. The Morgan fingerprint density at radius 3 is 2.94 bits per heavy atom. The number of amides is 1. The fourth-order valence-electron chi connectivity index (χ4n) is 1.35. The lowest BCUT2D eigenvalue weighted by atomic mass is 10.2. The van der Waals surface area contributed by atoms with E-state index < -0.39 is 0 Å². The standard InChI is InChI=1S/C13H18BrNO2/c1-10-4-3-5-12(8-10)17-7-6-13(16)15-11(2)9-14/h3-5,8,11H,6-7,9H2,1-2H3,(H,15,16). The highest BCUT2D eigenvalue weighted by atomic mass is 79.9. The van der Waals surface area contributed by atoms with Gasteiger partial charge >= 0.3 is 0 Å². The predicted octanol–water partition coefficient (Wildman–Crippen LogP) is 2.66. The normalized spacial score (nSPS) is 11.9. The van der Waals surface area contributed by atoms with E-state index >= 15 is 0 Å². The van der Waals surface area contributed by atoms with Crippen molar-refractivity contribution in [3.05, 3.63) is 29.8 Å². The zero-order chi connectivity index (χ0) is 12.7. The average molecular weight is 300 g/mol. The molecule has 0 aliphatic heterocycles. The number of nitrogens with one attached hydrogen (secondary N) is 1. The minimum absolute atomic E-state index is 0.0182. The molecule has 0 heterocycles. The van der Waals surface area contributed by atoms with E-state index in [0.29, 0.717) is 13.0 Å². The molecule has 3 nitrogen and oxygen atoms in total. The monoisotopic (exact) mass is 299 g/mol. The van der Waals surface area contributed by atoms with Crippen LogP contribution in [0.5, 0.6) is 5.75 Å². The smallest absolute Gasteiger partial charge is 0.223 e. The molecule has 94 valence electrons. The molecule has 1 aromatic rings. The van der Waals surface area contributed by atoms with Crippen molar-refractivity contribution in [3.63, 3.8) is 0 Å². The third-order valence-corrected chi connectivity index (χ3v) is 3.20. The molecule has 1 unspecified atom stereocenters. The summed E-state index contributed by atoms with van der Waals surface area (Å²) in [6, 6.07) is 7.96. The molecule has 1 atom stereocenters. The van der Waals surface area contributed by atoms with E-state index in [1.807, 2.05) is 38.1 Å². The number of hydrogen-bond donors (Lipinski definition) is 1. The summed E-state index contributed by atoms with van der Waals surface area (Å²) in [6.45, 7) is 4.37. The summed E-state index contributed by atoms with van der Waals surface area (Å²) >= 11 is 3.31. The number of ether oxygens (including phenoxy) is 1. The highest BCUT2D eigenvalue weighted by molar-refractivity contribution is 9.09. The molecule has 4 heteroatoms. The second-order valence-electron chi connectivity index (χ2n) is 4.04. The van der Waals surface area contributed by atoms with E-state index in [1.165, 1.54) is 0 Å². The Labute approximate surface area is 111 Å². The Bertz CT molecular complexity index is 368. The molecule has 1 N–H and O–H groups in total. The van der Waals surface area contributed by atoms with Crippen LogP contribution in [0.15, 0.2) is 24.3 Å². The number of rotatable bonds is 6. The summed E-state index contributed by atoms with van der Waals surface area (Å²) in [5.41, 5.74) is 1.15.